The van der Waals surface area contributed by atoms with Crippen LogP contribution in [0.2, 0.25) is 0 Å². The van der Waals surface area contributed by atoms with Crippen molar-refractivity contribution in [2.24, 2.45) is 11.8 Å². The highest BCUT2D eigenvalue weighted by molar-refractivity contribution is 4.85. The van der Waals surface area contributed by atoms with Crippen molar-refractivity contribution in [1.82, 2.24) is 4.90 Å². The van der Waals surface area contributed by atoms with Crippen LogP contribution >= 0.6 is 0 Å². The molecule has 2 unspecified atom stereocenters. The molecule has 1 aliphatic carbocycles. The first-order valence-corrected chi connectivity index (χ1v) is 12.2. The van der Waals surface area contributed by atoms with Gasteiger partial charge in [-0.2, -0.15) is 0 Å². The van der Waals surface area contributed by atoms with E-state index in [-0.39, 0.29) is 35.4 Å². The van der Waals surface area contributed by atoms with Gasteiger partial charge < -0.3 is 14.2 Å². The monoisotopic (exact) mass is 447 g/mol. The Balaban J connectivity index is 1.62. The van der Waals surface area contributed by atoms with Gasteiger partial charge in [0.2, 0.25) is 0 Å². The first-order chi connectivity index (χ1) is 14.2. The van der Waals surface area contributed by atoms with Crippen molar-refractivity contribution in [1.29, 1.82) is 0 Å². The number of hydrogen-bond donors (Lipinski definition) is 0. The Bertz CT molecular complexity index is 530. The van der Waals surface area contributed by atoms with E-state index in [4.69, 9.17) is 14.2 Å². The van der Waals surface area contributed by atoms with Crippen LogP contribution in [0.15, 0.2) is 0 Å². The second-order valence-corrected chi connectivity index (χ2v) is 12.0. The summed E-state index contributed by atoms with van der Waals surface area (Å²) in [5, 5.41) is 0. The first-order valence-electron chi connectivity index (χ1n) is 12.2. The molecule has 184 valence electrons. The molecule has 2 atom stereocenters. The smallest absolute Gasteiger partial charge is 0.273 e. The van der Waals surface area contributed by atoms with E-state index in [0.29, 0.717) is 13.0 Å². The molecule has 0 N–H and O–H groups in total. The maximum atomic E-state index is 14.7. The molecule has 6 heteroatoms. The van der Waals surface area contributed by atoms with E-state index >= 15 is 0 Å². The average molecular weight is 448 g/mol. The Morgan fingerprint density at radius 1 is 0.871 bits per heavy atom. The van der Waals surface area contributed by atoms with E-state index in [1.165, 1.54) is 0 Å². The van der Waals surface area contributed by atoms with Gasteiger partial charge in [-0.05, 0) is 79.6 Å². The molecule has 2 fully saturated rings. The minimum atomic E-state index is -2.81. The van der Waals surface area contributed by atoms with Crippen LogP contribution in [0, 0.1) is 11.8 Å². The predicted octanol–water partition coefficient (Wildman–Crippen LogP) is 5.93. The summed E-state index contributed by atoms with van der Waals surface area (Å²) in [6, 6.07) is 0. The predicted molar refractivity (Wildman–Crippen MR) is 122 cm³/mol. The van der Waals surface area contributed by atoms with Crippen molar-refractivity contribution < 1.29 is 23.0 Å². The van der Waals surface area contributed by atoms with Gasteiger partial charge in [-0.3, -0.25) is 4.90 Å². The Kier molecular flexibility index (Phi) is 9.35. The second kappa shape index (κ2) is 10.8. The highest BCUT2D eigenvalue weighted by Crippen LogP contribution is 2.33. The lowest BCUT2D eigenvalue weighted by atomic mass is 9.90. The van der Waals surface area contributed by atoms with Crippen LogP contribution in [0.25, 0.3) is 0 Å². The third-order valence-electron chi connectivity index (χ3n) is 6.57. The summed E-state index contributed by atoms with van der Waals surface area (Å²) < 4.78 is 46.9. The summed E-state index contributed by atoms with van der Waals surface area (Å²) in [4.78, 5) is 2.40. The average Bonchev–Trinajstić information content (AvgIpc) is 2.60. The van der Waals surface area contributed by atoms with Crippen LogP contribution in [-0.4, -0.2) is 66.6 Å². The van der Waals surface area contributed by atoms with Gasteiger partial charge in [-0.15, -0.1) is 0 Å². The van der Waals surface area contributed by atoms with E-state index in [2.05, 4.69) is 46.4 Å². The standard InChI is InChI=1S/C25H47F2NO3/c1-18(16-29-21-14-22(15-21)31-24(6,7)8)13-19(2)25(26,27)17-30-20-9-11-28(12-10-20)23(3,4)5/h18-22H,9-17H2,1-8H3. The molecule has 0 aromatic carbocycles. The van der Waals surface area contributed by atoms with E-state index in [1.807, 2.05) is 6.92 Å². The molecule has 2 rings (SSSR count). The van der Waals surface area contributed by atoms with Crippen molar-refractivity contribution in [3.63, 3.8) is 0 Å². The summed E-state index contributed by atoms with van der Waals surface area (Å²) in [5.74, 6) is -3.44. The lowest BCUT2D eigenvalue weighted by Gasteiger charge is -2.41. The van der Waals surface area contributed by atoms with Crippen LogP contribution in [0.5, 0.6) is 0 Å². The minimum Gasteiger partial charge on any atom is -0.378 e. The van der Waals surface area contributed by atoms with E-state index in [9.17, 15) is 8.78 Å². The molecule has 0 aromatic heterocycles. The number of likely N-dealkylation sites (tertiary alicyclic amines) is 1. The molecule has 1 aliphatic heterocycles. The number of ether oxygens (including phenoxy) is 3. The van der Waals surface area contributed by atoms with Crippen molar-refractivity contribution in [3.8, 4) is 0 Å². The molecule has 0 radical (unpaired) electrons. The summed E-state index contributed by atoms with van der Waals surface area (Å²) >= 11 is 0. The molecule has 31 heavy (non-hydrogen) atoms. The van der Waals surface area contributed by atoms with Crippen LogP contribution in [0.3, 0.4) is 0 Å². The molecule has 0 aromatic rings. The Hall–Kier alpha value is -0.300. The Morgan fingerprint density at radius 3 is 1.97 bits per heavy atom. The summed E-state index contributed by atoms with van der Waals surface area (Å²) in [6.07, 6.45) is 4.30. The van der Waals surface area contributed by atoms with Crippen LogP contribution in [0.4, 0.5) is 8.78 Å². The molecular formula is C25H47F2NO3. The number of piperidine rings is 1. The normalized spacial score (nSPS) is 26.5. The second-order valence-electron chi connectivity index (χ2n) is 12.0. The summed E-state index contributed by atoms with van der Waals surface area (Å²) in [5.41, 5.74) is -0.00273. The van der Waals surface area contributed by atoms with E-state index < -0.39 is 18.4 Å². The highest BCUT2D eigenvalue weighted by Gasteiger charge is 2.39. The largest absolute Gasteiger partial charge is 0.378 e. The van der Waals surface area contributed by atoms with Gasteiger partial charge in [0.25, 0.3) is 5.92 Å². The number of nitrogens with zero attached hydrogens (tertiary/aromatic N) is 1. The topological polar surface area (TPSA) is 30.9 Å². The van der Waals surface area contributed by atoms with Gasteiger partial charge in [-0.1, -0.05) is 13.8 Å². The molecule has 1 heterocycles. The third-order valence-corrected chi connectivity index (χ3v) is 6.57. The van der Waals surface area contributed by atoms with Crippen molar-refractivity contribution in [2.45, 2.75) is 123 Å². The zero-order valence-corrected chi connectivity index (χ0v) is 21.2. The fraction of sp³-hybridized carbons (Fsp3) is 1.00. The van der Waals surface area contributed by atoms with Gasteiger partial charge in [0.1, 0.15) is 6.61 Å². The number of alkyl halides is 2. The zero-order chi connectivity index (χ0) is 23.4. The SMILES string of the molecule is CC(COC1CC(OC(C)(C)C)C1)CC(C)C(F)(F)COC1CCN(C(C)(C)C)CC1. The summed E-state index contributed by atoms with van der Waals surface area (Å²) in [7, 11) is 0. The zero-order valence-electron chi connectivity index (χ0n) is 21.2. The molecule has 0 spiro atoms. The van der Waals surface area contributed by atoms with Gasteiger partial charge in [-0.25, -0.2) is 8.78 Å². The van der Waals surface area contributed by atoms with Gasteiger partial charge in [0.05, 0.1) is 23.9 Å². The molecule has 0 amide bonds. The lowest BCUT2D eigenvalue weighted by molar-refractivity contribution is -0.156. The fourth-order valence-corrected chi connectivity index (χ4v) is 4.46. The first kappa shape index (κ1) is 26.9. The van der Waals surface area contributed by atoms with Crippen LogP contribution in [-0.2, 0) is 14.2 Å². The molecule has 4 nitrogen and oxygen atoms in total. The summed E-state index contributed by atoms with van der Waals surface area (Å²) in [6.45, 7) is 18.3. The highest BCUT2D eigenvalue weighted by atomic mass is 19.3. The van der Waals surface area contributed by atoms with E-state index in [0.717, 1.165) is 38.8 Å². The molecule has 1 saturated carbocycles. The van der Waals surface area contributed by atoms with Gasteiger partial charge in [0, 0.05) is 31.2 Å². The number of halogens is 2. The minimum absolute atomic E-state index is 0.0562. The quantitative estimate of drug-likeness (QED) is 0.415. The van der Waals surface area contributed by atoms with Crippen LogP contribution < -0.4 is 0 Å². The fourth-order valence-electron chi connectivity index (χ4n) is 4.46. The Morgan fingerprint density at radius 2 is 1.45 bits per heavy atom. The molecule has 2 aliphatic rings. The number of rotatable bonds is 10. The Labute approximate surface area is 189 Å². The maximum Gasteiger partial charge on any atom is 0.273 e. The van der Waals surface area contributed by atoms with E-state index in [1.54, 1.807) is 6.92 Å². The van der Waals surface area contributed by atoms with Gasteiger partial charge in [0.15, 0.2) is 0 Å². The van der Waals surface area contributed by atoms with Crippen LogP contribution in [0.1, 0.15) is 87.5 Å². The third kappa shape index (κ3) is 9.23. The van der Waals surface area contributed by atoms with Crippen molar-refractivity contribution >= 4 is 0 Å². The van der Waals surface area contributed by atoms with Crippen molar-refractivity contribution in [2.75, 3.05) is 26.3 Å². The maximum absolute atomic E-state index is 14.7. The van der Waals surface area contributed by atoms with Crippen molar-refractivity contribution in [3.05, 3.63) is 0 Å². The molecule has 1 saturated heterocycles. The van der Waals surface area contributed by atoms with Gasteiger partial charge >= 0.3 is 0 Å². The molecule has 0 bridgehead atoms. The number of hydrogen-bond acceptors (Lipinski definition) is 4. The lowest BCUT2D eigenvalue weighted by Crippen LogP contribution is -2.48. The molecular weight excluding hydrogens is 400 g/mol.